The molecular weight excluding hydrogens is 364 g/mol. The minimum Gasteiger partial charge on any atom is -0.507 e. The van der Waals surface area contributed by atoms with Gasteiger partial charge < -0.3 is 19.9 Å². The van der Waals surface area contributed by atoms with E-state index in [0.29, 0.717) is 5.69 Å². The summed E-state index contributed by atoms with van der Waals surface area (Å²) in [6.45, 7) is 4.78. The fourth-order valence-corrected chi connectivity index (χ4v) is 4.38. The zero-order valence-electron chi connectivity index (χ0n) is 17.4. The Kier molecular flexibility index (Phi) is 4.67. The van der Waals surface area contributed by atoms with Crippen LogP contribution in [0.5, 0.6) is 5.75 Å². The molecule has 1 atom stereocenters. The third-order valence-corrected chi connectivity index (χ3v) is 5.51. The number of fused-ring (bicyclic) bond motifs is 4. The number of nitrogens with one attached hydrogen (secondary N) is 1. The summed E-state index contributed by atoms with van der Waals surface area (Å²) in [5, 5.41) is 17.1. The van der Waals surface area contributed by atoms with Crippen LogP contribution in [0, 0.1) is 6.92 Å². The van der Waals surface area contributed by atoms with Crippen molar-refractivity contribution < 1.29 is 9.90 Å². The molecule has 0 aliphatic carbocycles. The molecule has 0 saturated heterocycles. The van der Waals surface area contributed by atoms with E-state index in [4.69, 9.17) is 0 Å². The Bertz CT molecular complexity index is 1260. The Labute approximate surface area is 169 Å². The van der Waals surface area contributed by atoms with Crippen molar-refractivity contribution in [2.75, 3.05) is 20.6 Å². The Morgan fingerprint density at radius 1 is 1.24 bits per heavy atom. The molecule has 150 valence electrons. The zero-order valence-corrected chi connectivity index (χ0v) is 17.4. The van der Waals surface area contributed by atoms with Gasteiger partial charge in [-0.15, -0.1) is 0 Å². The summed E-state index contributed by atoms with van der Waals surface area (Å²) < 4.78 is 2.10. The molecule has 4 rings (SSSR count). The van der Waals surface area contributed by atoms with E-state index in [1.54, 1.807) is 12.3 Å². The largest absolute Gasteiger partial charge is 0.507 e. The third kappa shape index (κ3) is 3.09. The standard InChI is InChI=1S/C23H26N4O2/c1-13(12-26(3)4)25-23(29)21-16-11-17-20-18(7-6-8-19(20)28)27(5)22(17)14(2)15(16)9-10-24-21/h6-11,13,28H,12H2,1-5H3,(H,25,29). The van der Waals surface area contributed by atoms with E-state index in [1.807, 2.05) is 57.2 Å². The maximum absolute atomic E-state index is 13.0. The summed E-state index contributed by atoms with van der Waals surface area (Å²) in [6, 6.07) is 9.47. The van der Waals surface area contributed by atoms with Gasteiger partial charge in [-0.05, 0) is 63.2 Å². The van der Waals surface area contributed by atoms with Crippen LogP contribution in [0.2, 0.25) is 0 Å². The van der Waals surface area contributed by atoms with E-state index in [2.05, 4.69) is 21.8 Å². The smallest absolute Gasteiger partial charge is 0.270 e. The molecule has 0 bridgehead atoms. The van der Waals surface area contributed by atoms with Gasteiger partial charge in [0, 0.05) is 42.0 Å². The van der Waals surface area contributed by atoms with E-state index in [-0.39, 0.29) is 17.7 Å². The number of aromatic hydroxyl groups is 1. The Hall–Kier alpha value is -3.12. The summed E-state index contributed by atoms with van der Waals surface area (Å²) in [6.07, 6.45) is 1.69. The average molecular weight is 390 g/mol. The van der Waals surface area contributed by atoms with Crippen LogP contribution in [0.15, 0.2) is 36.5 Å². The second-order valence-electron chi connectivity index (χ2n) is 8.02. The van der Waals surface area contributed by atoms with Crippen LogP contribution in [0.3, 0.4) is 0 Å². The van der Waals surface area contributed by atoms with Crippen LogP contribution in [0.25, 0.3) is 32.6 Å². The number of hydrogen-bond donors (Lipinski definition) is 2. The molecule has 6 heteroatoms. The number of benzene rings is 2. The number of likely N-dealkylation sites (N-methyl/N-ethyl adjacent to an activating group) is 1. The number of amides is 1. The van der Waals surface area contributed by atoms with Crippen LogP contribution in [0.4, 0.5) is 0 Å². The summed E-state index contributed by atoms with van der Waals surface area (Å²) in [5.74, 6) is 0.0505. The van der Waals surface area contributed by atoms with Crippen molar-refractivity contribution in [3.63, 3.8) is 0 Å². The third-order valence-electron chi connectivity index (χ3n) is 5.51. The van der Waals surface area contributed by atoms with Gasteiger partial charge in [-0.2, -0.15) is 0 Å². The molecule has 0 fully saturated rings. The monoisotopic (exact) mass is 390 g/mol. The number of pyridine rings is 1. The van der Waals surface area contributed by atoms with Gasteiger partial charge in [0.05, 0.1) is 11.0 Å². The molecule has 0 aliphatic heterocycles. The highest BCUT2D eigenvalue weighted by Gasteiger charge is 2.20. The van der Waals surface area contributed by atoms with Gasteiger partial charge in [-0.25, -0.2) is 0 Å². The highest BCUT2D eigenvalue weighted by atomic mass is 16.3. The first-order valence-electron chi connectivity index (χ1n) is 9.73. The molecule has 0 saturated carbocycles. The van der Waals surface area contributed by atoms with Crippen LogP contribution >= 0.6 is 0 Å². The molecule has 2 N–H and O–H groups in total. The van der Waals surface area contributed by atoms with Gasteiger partial charge >= 0.3 is 0 Å². The maximum atomic E-state index is 13.0. The van der Waals surface area contributed by atoms with Crippen molar-refractivity contribution in [3.8, 4) is 5.75 Å². The van der Waals surface area contributed by atoms with Gasteiger partial charge in [0.2, 0.25) is 0 Å². The Balaban J connectivity index is 1.96. The minimum absolute atomic E-state index is 0.000911. The van der Waals surface area contributed by atoms with Crippen molar-refractivity contribution in [3.05, 3.63) is 47.8 Å². The van der Waals surface area contributed by atoms with Gasteiger partial charge in [0.25, 0.3) is 5.91 Å². The van der Waals surface area contributed by atoms with E-state index in [0.717, 1.165) is 44.7 Å². The summed E-state index contributed by atoms with van der Waals surface area (Å²) in [5.41, 5.74) is 3.48. The Morgan fingerprint density at radius 2 is 2.00 bits per heavy atom. The van der Waals surface area contributed by atoms with Gasteiger partial charge in [0.1, 0.15) is 11.4 Å². The first-order chi connectivity index (χ1) is 13.8. The summed E-state index contributed by atoms with van der Waals surface area (Å²) in [4.78, 5) is 19.4. The average Bonchev–Trinajstić information content (AvgIpc) is 2.94. The second kappa shape index (κ2) is 7.04. The highest BCUT2D eigenvalue weighted by molar-refractivity contribution is 6.18. The number of hydrogen-bond acceptors (Lipinski definition) is 4. The lowest BCUT2D eigenvalue weighted by atomic mass is 9.99. The number of carbonyl (C=O) groups is 1. The number of aryl methyl sites for hydroxylation is 2. The lowest BCUT2D eigenvalue weighted by Gasteiger charge is -2.18. The zero-order chi connectivity index (χ0) is 20.9. The van der Waals surface area contributed by atoms with Crippen LogP contribution in [-0.2, 0) is 7.05 Å². The molecule has 2 aromatic heterocycles. The van der Waals surface area contributed by atoms with E-state index >= 15 is 0 Å². The lowest BCUT2D eigenvalue weighted by Crippen LogP contribution is -2.39. The molecule has 6 nitrogen and oxygen atoms in total. The van der Waals surface area contributed by atoms with Crippen molar-refractivity contribution in [2.45, 2.75) is 19.9 Å². The highest BCUT2D eigenvalue weighted by Crippen LogP contribution is 2.39. The molecule has 0 radical (unpaired) electrons. The topological polar surface area (TPSA) is 70.4 Å². The van der Waals surface area contributed by atoms with Crippen molar-refractivity contribution in [2.24, 2.45) is 7.05 Å². The number of nitrogens with zero attached hydrogens (tertiary/aromatic N) is 3. The molecule has 29 heavy (non-hydrogen) atoms. The van der Waals surface area contributed by atoms with Crippen LogP contribution in [0.1, 0.15) is 23.0 Å². The fraction of sp³-hybridized carbons (Fsp3) is 0.304. The SMILES string of the molecule is Cc1c2ccnc(C(=O)NC(C)CN(C)C)c2cc2c3c(O)cccc3n(C)c12. The molecule has 0 spiro atoms. The molecule has 2 aromatic carbocycles. The lowest BCUT2D eigenvalue weighted by molar-refractivity contribution is 0.0931. The van der Waals surface area contributed by atoms with Gasteiger partial charge in [0.15, 0.2) is 0 Å². The van der Waals surface area contributed by atoms with Crippen molar-refractivity contribution in [1.29, 1.82) is 0 Å². The molecular formula is C23H26N4O2. The van der Waals surface area contributed by atoms with Crippen LogP contribution < -0.4 is 5.32 Å². The molecule has 1 amide bonds. The number of phenols is 1. The van der Waals surface area contributed by atoms with E-state index in [1.165, 1.54) is 0 Å². The number of carbonyl (C=O) groups excluding carboxylic acids is 1. The number of phenolic OH excluding ortho intramolecular Hbond substituents is 1. The van der Waals surface area contributed by atoms with E-state index in [9.17, 15) is 9.90 Å². The maximum Gasteiger partial charge on any atom is 0.270 e. The molecule has 0 aliphatic rings. The first-order valence-corrected chi connectivity index (χ1v) is 9.73. The quantitative estimate of drug-likeness (QED) is 0.559. The molecule has 1 unspecified atom stereocenters. The second-order valence-corrected chi connectivity index (χ2v) is 8.02. The predicted molar refractivity (Wildman–Crippen MR) is 118 cm³/mol. The fourth-order valence-electron chi connectivity index (χ4n) is 4.38. The number of rotatable bonds is 4. The summed E-state index contributed by atoms with van der Waals surface area (Å²) in [7, 11) is 5.96. The minimum atomic E-state index is -0.187. The van der Waals surface area contributed by atoms with E-state index < -0.39 is 0 Å². The predicted octanol–water partition coefficient (Wildman–Crippen LogP) is 3.57. The van der Waals surface area contributed by atoms with Gasteiger partial charge in [-0.3, -0.25) is 9.78 Å². The first kappa shape index (κ1) is 19.2. The van der Waals surface area contributed by atoms with Gasteiger partial charge in [-0.1, -0.05) is 6.07 Å². The molecule has 4 aromatic rings. The number of aromatic nitrogens is 2. The normalized spacial score (nSPS) is 12.9. The van der Waals surface area contributed by atoms with Crippen LogP contribution in [-0.4, -0.2) is 52.1 Å². The molecule has 2 heterocycles. The Morgan fingerprint density at radius 3 is 2.72 bits per heavy atom. The van der Waals surface area contributed by atoms with Crippen molar-refractivity contribution >= 4 is 38.5 Å². The van der Waals surface area contributed by atoms with Crippen molar-refractivity contribution in [1.82, 2.24) is 19.8 Å². The summed E-state index contributed by atoms with van der Waals surface area (Å²) >= 11 is 0.